The van der Waals surface area contributed by atoms with E-state index in [4.69, 9.17) is 22.1 Å². The van der Waals surface area contributed by atoms with Crippen LogP contribution in [0.2, 0.25) is 5.02 Å². The summed E-state index contributed by atoms with van der Waals surface area (Å²) < 4.78 is 5.04. The van der Waals surface area contributed by atoms with Gasteiger partial charge < -0.3 is 15.8 Å². The maximum Gasteiger partial charge on any atom is 0.252 e. The lowest BCUT2D eigenvalue weighted by atomic mass is 10.1. The maximum absolute atomic E-state index is 12.0. The Labute approximate surface area is 111 Å². The minimum absolute atomic E-state index is 0.120. The zero-order chi connectivity index (χ0) is 13.2. The van der Waals surface area contributed by atoms with Crippen LogP contribution < -0.4 is 15.8 Å². The molecule has 0 aliphatic heterocycles. The SMILES string of the molecule is COc1ccc(C(=O)NCC2(CN)CC2)c(Cl)c1. The van der Waals surface area contributed by atoms with Crippen LogP contribution in [-0.4, -0.2) is 26.1 Å². The topological polar surface area (TPSA) is 64.3 Å². The molecule has 1 aliphatic rings. The minimum atomic E-state index is -0.164. The first-order chi connectivity index (χ1) is 8.60. The van der Waals surface area contributed by atoms with E-state index in [1.54, 1.807) is 25.3 Å². The van der Waals surface area contributed by atoms with E-state index in [2.05, 4.69) is 5.32 Å². The summed E-state index contributed by atoms with van der Waals surface area (Å²) in [6, 6.07) is 5.02. The van der Waals surface area contributed by atoms with E-state index in [0.29, 0.717) is 29.4 Å². The van der Waals surface area contributed by atoms with Gasteiger partial charge in [0.25, 0.3) is 5.91 Å². The predicted octanol–water partition coefficient (Wildman–Crippen LogP) is 1.82. The highest BCUT2D eigenvalue weighted by molar-refractivity contribution is 6.34. The van der Waals surface area contributed by atoms with Crippen molar-refractivity contribution < 1.29 is 9.53 Å². The number of carbonyl (C=O) groups is 1. The number of carbonyl (C=O) groups excluding carboxylic acids is 1. The first-order valence-corrected chi connectivity index (χ1v) is 6.30. The molecule has 0 heterocycles. The summed E-state index contributed by atoms with van der Waals surface area (Å²) in [6.07, 6.45) is 2.17. The fourth-order valence-electron chi connectivity index (χ4n) is 1.80. The van der Waals surface area contributed by atoms with Gasteiger partial charge in [-0.15, -0.1) is 0 Å². The summed E-state index contributed by atoms with van der Waals surface area (Å²) in [6.45, 7) is 1.23. The van der Waals surface area contributed by atoms with Crippen molar-refractivity contribution in [1.29, 1.82) is 0 Å². The molecule has 1 aromatic carbocycles. The van der Waals surface area contributed by atoms with Crippen molar-refractivity contribution in [2.45, 2.75) is 12.8 Å². The monoisotopic (exact) mass is 268 g/mol. The smallest absolute Gasteiger partial charge is 0.252 e. The lowest BCUT2D eigenvalue weighted by Crippen LogP contribution is -2.34. The number of rotatable bonds is 5. The Morgan fingerprint density at radius 1 is 1.56 bits per heavy atom. The first-order valence-electron chi connectivity index (χ1n) is 5.92. The Balaban J connectivity index is 2.00. The highest BCUT2D eigenvalue weighted by atomic mass is 35.5. The largest absolute Gasteiger partial charge is 0.497 e. The van der Waals surface area contributed by atoms with Crippen molar-refractivity contribution in [2.75, 3.05) is 20.2 Å². The Morgan fingerprint density at radius 3 is 2.78 bits per heavy atom. The quantitative estimate of drug-likeness (QED) is 0.856. The summed E-state index contributed by atoms with van der Waals surface area (Å²) >= 11 is 6.04. The van der Waals surface area contributed by atoms with E-state index >= 15 is 0 Å². The van der Waals surface area contributed by atoms with Gasteiger partial charge in [0.05, 0.1) is 17.7 Å². The number of amides is 1. The van der Waals surface area contributed by atoms with E-state index in [1.807, 2.05) is 0 Å². The molecule has 2 rings (SSSR count). The van der Waals surface area contributed by atoms with Gasteiger partial charge in [-0.05, 0) is 37.6 Å². The molecular formula is C13H17ClN2O2. The number of hydrogen-bond acceptors (Lipinski definition) is 3. The van der Waals surface area contributed by atoms with Crippen LogP contribution in [0.15, 0.2) is 18.2 Å². The van der Waals surface area contributed by atoms with E-state index in [1.165, 1.54) is 0 Å². The summed E-state index contributed by atoms with van der Waals surface area (Å²) in [5, 5.41) is 3.28. The van der Waals surface area contributed by atoms with Gasteiger partial charge in [0.2, 0.25) is 0 Å². The van der Waals surface area contributed by atoms with Crippen molar-refractivity contribution >= 4 is 17.5 Å². The number of halogens is 1. The number of nitrogens with two attached hydrogens (primary N) is 1. The predicted molar refractivity (Wildman–Crippen MR) is 71.1 cm³/mol. The average Bonchev–Trinajstić information content (AvgIpc) is 3.16. The number of benzene rings is 1. The summed E-state index contributed by atoms with van der Waals surface area (Å²) in [7, 11) is 1.56. The molecule has 98 valence electrons. The van der Waals surface area contributed by atoms with Crippen LogP contribution in [0.4, 0.5) is 0 Å². The lowest BCUT2D eigenvalue weighted by Gasteiger charge is -2.14. The van der Waals surface area contributed by atoms with Crippen molar-refractivity contribution in [3.63, 3.8) is 0 Å². The number of methoxy groups -OCH3 is 1. The molecule has 1 aliphatic carbocycles. The van der Waals surface area contributed by atoms with Gasteiger partial charge in [-0.3, -0.25) is 4.79 Å². The average molecular weight is 269 g/mol. The third-order valence-electron chi connectivity index (χ3n) is 3.43. The summed E-state index contributed by atoms with van der Waals surface area (Å²) in [5.74, 6) is 0.472. The van der Waals surface area contributed by atoms with E-state index in [9.17, 15) is 4.79 Å². The third-order valence-corrected chi connectivity index (χ3v) is 3.75. The highest BCUT2D eigenvalue weighted by Crippen LogP contribution is 2.43. The van der Waals surface area contributed by atoms with Crippen LogP contribution in [0.1, 0.15) is 23.2 Å². The first kappa shape index (κ1) is 13.2. The molecule has 18 heavy (non-hydrogen) atoms. The molecule has 0 saturated heterocycles. The van der Waals surface area contributed by atoms with Crippen molar-refractivity contribution in [3.8, 4) is 5.75 Å². The van der Waals surface area contributed by atoms with Gasteiger partial charge in [0, 0.05) is 12.0 Å². The summed E-state index contributed by atoms with van der Waals surface area (Å²) in [4.78, 5) is 12.0. The molecule has 3 N–H and O–H groups in total. The van der Waals surface area contributed by atoms with Gasteiger partial charge >= 0.3 is 0 Å². The van der Waals surface area contributed by atoms with E-state index < -0.39 is 0 Å². The molecule has 1 amide bonds. The van der Waals surface area contributed by atoms with Crippen LogP contribution >= 0.6 is 11.6 Å². The number of hydrogen-bond donors (Lipinski definition) is 2. The van der Waals surface area contributed by atoms with Gasteiger partial charge in [-0.2, -0.15) is 0 Å². The maximum atomic E-state index is 12.0. The second-order valence-corrected chi connectivity index (χ2v) is 5.14. The van der Waals surface area contributed by atoms with Gasteiger partial charge in [0.1, 0.15) is 5.75 Å². The Morgan fingerprint density at radius 2 is 2.28 bits per heavy atom. The molecule has 4 nitrogen and oxygen atoms in total. The van der Waals surface area contributed by atoms with Gasteiger partial charge in [-0.25, -0.2) is 0 Å². The Hall–Kier alpha value is -1.26. The van der Waals surface area contributed by atoms with Crippen LogP contribution in [0.3, 0.4) is 0 Å². The van der Waals surface area contributed by atoms with Crippen molar-refractivity contribution in [1.82, 2.24) is 5.32 Å². The van der Waals surface area contributed by atoms with Crippen molar-refractivity contribution in [2.24, 2.45) is 11.1 Å². The molecule has 1 saturated carbocycles. The van der Waals surface area contributed by atoms with Gasteiger partial charge in [0.15, 0.2) is 0 Å². The molecule has 1 fully saturated rings. The summed E-state index contributed by atoms with van der Waals surface area (Å²) in [5.41, 5.74) is 6.25. The van der Waals surface area contributed by atoms with E-state index in [0.717, 1.165) is 12.8 Å². The fourth-order valence-corrected chi connectivity index (χ4v) is 2.06. The second kappa shape index (κ2) is 5.16. The van der Waals surface area contributed by atoms with Crippen LogP contribution in [0.25, 0.3) is 0 Å². The molecule has 0 unspecified atom stereocenters. The Bertz CT molecular complexity index is 458. The lowest BCUT2D eigenvalue weighted by molar-refractivity contribution is 0.0945. The molecule has 0 aromatic heterocycles. The van der Waals surface area contributed by atoms with Crippen LogP contribution in [0.5, 0.6) is 5.75 Å². The molecular weight excluding hydrogens is 252 g/mol. The second-order valence-electron chi connectivity index (χ2n) is 4.73. The normalized spacial score (nSPS) is 16.2. The minimum Gasteiger partial charge on any atom is -0.497 e. The Kier molecular flexibility index (Phi) is 3.78. The molecule has 0 atom stereocenters. The third kappa shape index (κ3) is 2.76. The van der Waals surface area contributed by atoms with Crippen LogP contribution in [0, 0.1) is 5.41 Å². The number of nitrogens with one attached hydrogen (secondary N) is 1. The molecule has 0 radical (unpaired) electrons. The zero-order valence-corrected chi connectivity index (χ0v) is 11.1. The molecule has 1 aromatic rings. The van der Waals surface area contributed by atoms with Gasteiger partial charge in [-0.1, -0.05) is 11.6 Å². The molecule has 0 spiro atoms. The number of ether oxygens (including phenoxy) is 1. The molecule has 0 bridgehead atoms. The zero-order valence-electron chi connectivity index (χ0n) is 10.3. The highest BCUT2D eigenvalue weighted by Gasteiger charge is 2.41. The standard InChI is InChI=1S/C13H17ClN2O2/c1-18-9-2-3-10(11(14)6-9)12(17)16-8-13(7-15)4-5-13/h2-3,6H,4-5,7-8,15H2,1H3,(H,16,17). The van der Waals surface area contributed by atoms with Crippen LogP contribution in [-0.2, 0) is 0 Å². The van der Waals surface area contributed by atoms with Crippen molar-refractivity contribution in [3.05, 3.63) is 28.8 Å². The fraction of sp³-hybridized carbons (Fsp3) is 0.462. The van der Waals surface area contributed by atoms with E-state index in [-0.39, 0.29) is 11.3 Å². The molecule has 5 heteroatoms.